The summed E-state index contributed by atoms with van der Waals surface area (Å²) in [6, 6.07) is 0. The number of ether oxygens (including phenoxy) is 1. The summed E-state index contributed by atoms with van der Waals surface area (Å²) in [7, 11) is 0. The summed E-state index contributed by atoms with van der Waals surface area (Å²) in [5.41, 5.74) is -2.38. The van der Waals surface area contributed by atoms with Gasteiger partial charge in [-0.15, -0.1) is 0 Å². The molecule has 0 spiro atoms. The lowest BCUT2D eigenvalue weighted by Gasteiger charge is -2.66. The molecule has 0 saturated heterocycles. The van der Waals surface area contributed by atoms with E-state index < -0.39 is 23.4 Å². The highest BCUT2D eigenvalue weighted by Gasteiger charge is 2.70. The van der Waals surface area contributed by atoms with Crippen molar-refractivity contribution in [2.45, 2.75) is 136 Å². The third-order valence-electron chi connectivity index (χ3n) is 11.6. The van der Waals surface area contributed by atoms with Gasteiger partial charge < -0.3 is 20.1 Å². The molecule has 0 bridgehead atoms. The van der Waals surface area contributed by atoms with E-state index in [0.29, 0.717) is 36.5 Å². The molecule has 0 aliphatic heterocycles. The average Bonchev–Trinajstić information content (AvgIpc) is 3.02. The van der Waals surface area contributed by atoms with Crippen molar-refractivity contribution in [2.75, 3.05) is 0 Å². The Kier molecular flexibility index (Phi) is 7.01. The number of carbonyl (C=O) groups excluding carboxylic acids is 1. The first kappa shape index (κ1) is 26.4. The number of aliphatic hydroxyl groups is 3. The molecule has 4 saturated carbocycles. The molecule has 0 amide bonds. The maximum Gasteiger partial charge on any atom is 0.303 e. The zero-order valence-electron chi connectivity index (χ0n) is 22.5. The van der Waals surface area contributed by atoms with Gasteiger partial charge in [-0.1, -0.05) is 47.5 Å². The van der Waals surface area contributed by atoms with E-state index in [-0.39, 0.29) is 29.1 Å². The van der Waals surface area contributed by atoms with E-state index >= 15 is 0 Å². The molecule has 4 aliphatic rings. The number of rotatable bonds is 6. The zero-order valence-corrected chi connectivity index (χ0v) is 22.5. The summed E-state index contributed by atoms with van der Waals surface area (Å²) >= 11 is 0. The summed E-state index contributed by atoms with van der Waals surface area (Å²) in [5, 5.41) is 34.7. The van der Waals surface area contributed by atoms with Crippen LogP contribution in [0.25, 0.3) is 0 Å². The van der Waals surface area contributed by atoms with Crippen LogP contribution >= 0.6 is 0 Å². The minimum Gasteiger partial charge on any atom is -0.459 e. The molecule has 0 aromatic carbocycles. The van der Waals surface area contributed by atoms with Gasteiger partial charge in [-0.2, -0.15) is 0 Å². The van der Waals surface area contributed by atoms with Gasteiger partial charge in [-0.05, 0) is 86.4 Å². The van der Waals surface area contributed by atoms with E-state index in [9.17, 15) is 20.1 Å². The van der Waals surface area contributed by atoms with Crippen LogP contribution in [0.2, 0.25) is 0 Å². The van der Waals surface area contributed by atoms with Crippen LogP contribution in [0.5, 0.6) is 0 Å². The molecule has 4 aliphatic carbocycles. The van der Waals surface area contributed by atoms with E-state index in [2.05, 4.69) is 34.6 Å². The second kappa shape index (κ2) is 9.03. The predicted octanol–water partition coefficient (Wildman–Crippen LogP) is 5.24. The molecule has 3 unspecified atom stereocenters. The van der Waals surface area contributed by atoms with Gasteiger partial charge in [-0.25, -0.2) is 0 Å². The van der Waals surface area contributed by atoms with Crippen molar-refractivity contribution in [1.82, 2.24) is 0 Å². The molecule has 34 heavy (non-hydrogen) atoms. The van der Waals surface area contributed by atoms with E-state index in [1.165, 1.54) is 13.3 Å². The first-order valence-electron chi connectivity index (χ1n) is 14.1. The van der Waals surface area contributed by atoms with Crippen molar-refractivity contribution in [3.05, 3.63) is 0 Å². The smallest absolute Gasteiger partial charge is 0.303 e. The molecular formula is C29H50O5. The van der Waals surface area contributed by atoms with Gasteiger partial charge in [0.1, 0.15) is 11.7 Å². The Morgan fingerprint density at radius 1 is 0.971 bits per heavy atom. The number of carbonyl (C=O) groups is 1. The first-order chi connectivity index (χ1) is 15.8. The summed E-state index contributed by atoms with van der Waals surface area (Å²) in [4.78, 5) is 12.1. The summed E-state index contributed by atoms with van der Waals surface area (Å²) < 4.78 is 5.82. The predicted molar refractivity (Wildman–Crippen MR) is 133 cm³/mol. The van der Waals surface area contributed by atoms with Crippen LogP contribution in [-0.2, 0) is 9.53 Å². The first-order valence-corrected chi connectivity index (χ1v) is 14.1. The Morgan fingerprint density at radius 3 is 2.24 bits per heavy atom. The standard InChI is InChI=1S/C29H50O5/c1-18(2)8-7-9-19(3)28(32)15-12-24-22-16-25(34-20(4)30)29(33)17-21(31)10-13-27(29,6)23(22)11-14-26(24,28)5/h18-19,21-25,31-33H,7-17H2,1-6H3/t19-,21+,22?,23?,24?,25-,26+,27-,28+,29+/m1/s1. The average molecular weight is 479 g/mol. The quantitative estimate of drug-likeness (QED) is 0.455. The molecular weight excluding hydrogens is 428 g/mol. The maximum atomic E-state index is 12.2. The SMILES string of the molecule is CC(=O)O[C@@H]1CC2C3CC[C@](O)([C@H](C)CCCC(C)C)[C@@]3(C)CCC2[C@@]2(C)CC[C@H](O)C[C@]12O. The summed E-state index contributed by atoms with van der Waals surface area (Å²) in [5.74, 6) is 1.62. The van der Waals surface area contributed by atoms with Crippen molar-refractivity contribution in [3.63, 3.8) is 0 Å². The lowest BCUT2D eigenvalue weighted by atomic mass is 9.42. The Balaban J connectivity index is 1.63. The monoisotopic (exact) mass is 478 g/mol. The number of esters is 1. The van der Waals surface area contributed by atoms with Gasteiger partial charge in [0, 0.05) is 18.8 Å². The largest absolute Gasteiger partial charge is 0.459 e. The van der Waals surface area contributed by atoms with Gasteiger partial charge >= 0.3 is 5.97 Å². The van der Waals surface area contributed by atoms with Gasteiger partial charge in [0.2, 0.25) is 0 Å². The highest BCUT2D eigenvalue weighted by molar-refractivity contribution is 5.66. The van der Waals surface area contributed by atoms with Crippen molar-refractivity contribution < 1.29 is 24.9 Å². The Hall–Kier alpha value is -0.650. The molecule has 0 radical (unpaired) electrons. The molecule has 0 aromatic heterocycles. The van der Waals surface area contributed by atoms with Gasteiger partial charge in [0.05, 0.1) is 11.7 Å². The Bertz CT molecular complexity index is 768. The van der Waals surface area contributed by atoms with Gasteiger partial charge in [-0.3, -0.25) is 4.79 Å². The molecule has 0 heterocycles. The third kappa shape index (κ3) is 3.87. The molecule has 3 N–H and O–H groups in total. The summed E-state index contributed by atoms with van der Waals surface area (Å²) in [6.07, 6.45) is 8.48. The second-order valence-corrected chi connectivity index (χ2v) is 13.6. The van der Waals surface area contributed by atoms with Crippen molar-refractivity contribution in [2.24, 2.45) is 40.4 Å². The third-order valence-corrected chi connectivity index (χ3v) is 11.6. The highest BCUT2D eigenvalue weighted by Crippen LogP contribution is 2.70. The topological polar surface area (TPSA) is 87.0 Å². The van der Waals surface area contributed by atoms with Crippen LogP contribution in [0, 0.1) is 40.4 Å². The summed E-state index contributed by atoms with van der Waals surface area (Å²) in [6.45, 7) is 12.7. The fourth-order valence-corrected chi connectivity index (χ4v) is 9.51. The number of hydrogen-bond acceptors (Lipinski definition) is 5. The number of hydrogen-bond donors (Lipinski definition) is 3. The zero-order chi connectivity index (χ0) is 25.1. The van der Waals surface area contributed by atoms with E-state index in [4.69, 9.17) is 4.74 Å². The van der Waals surface area contributed by atoms with E-state index in [1.807, 2.05) is 0 Å². The second-order valence-electron chi connectivity index (χ2n) is 13.6. The Morgan fingerprint density at radius 2 is 1.59 bits per heavy atom. The number of fused-ring (bicyclic) bond motifs is 5. The fraction of sp³-hybridized carbons (Fsp3) is 0.966. The maximum absolute atomic E-state index is 12.2. The molecule has 4 rings (SSSR count). The molecule has 5 nitrogen and oxygen atoms in total. The molecule has 10 atom stereocenters. The van der Waals surface area contributed by atoms with Crippen LogP contribution in [0.15, 0.2) is 0 Å². The van der Waals surface area contributed by atoms with E-state index in [1.54, 1.807) is 0 Å². The molecule has 0 aromatic rings. The van der Waals surface area contributed by atoms with Crippen molar-refractivity contribution in [1.29, 1.82) is 0 Å². The molecule has 5 heteroatoms. The fourth-order valence-electron chi connectivity index (χ4n) is 9.51. The molecule has 196 valence electrons. The van der Waals surface area contributed by atoms with Crippen LogP contribution in [0.3, 0.4) is 0 Å². The number of aliphatic hydroxyl groups excluding tert-OH is 1. The van der Waals surface area contributed by atoms with Gasteiger partial charge in [0.15, 0.2) is 0 Å². The lowest BCUT2D eigenvalue weighted by Crippen LogP contribution is -2.69. The van der Waals surface area contributed by atoms with Crippen molar-refractivity contribution in [3.8, 4) is 0 Å². The van der Waals surface area contributed by atoms with Crippen LogP contribution in [0.4, 0.5) is 0 Å². The molecule has 4 fully saturated rings. The highest BCUT2D eigenvalue weighted by atomic mass is 16.6. The van der Waals surface area contributed by atoms with Gasteiger partial charge in [0.25, 0.3) is 0 Å². The van der Waals surface area contributed by atoms with Crippen molar-refractivity contribution >= 4 is 5.97 Å². The minimum atomic E-state index is -1.19. The normalized spacial score (nSPS) is 49.2. The van der Waals surface area contributed by atoms with Crippen LogP contribution in [-0.4, -0.2) is 44.7 Å². The Labute approximate surface area is 207 Å². The minimum absolute atomic E-state index is 0.147. The van der Waals surface area contributed by atoms with Crippen LogP contribution in [0.1, 0.15) is 112 Å². The lowest BCUT2D eigenvalue weighted by molar-refractivity contribution is -0.274. The van der Waals surface area contributed by atoms with E-state index in [0.717, 1.165) is 44.9 Å². The van der Waals surface area contributed by atoms with Crippen LogP contribution < -0.4 is 0 Å².